The first-order chi connectivity index (χ1) is 9.67. The third-order valence-electron chi connectivity index (χ3n) is 3.88. The van der Waals surface area contributed by atoms with E-state index in [9.17, 15) is 0 Å². The molecule has 0 amide bonds. The Morgan fingerprint density at radius 2 is 2.05 bits per heavy atom. The Morgan fingerprint density at radius 1 is 1.20 bits per heavy atom. The summed E-state index contributed by atoms with van der Waals surface area (Å²) in [4.78, 5) is 0. The second kappa shape index (κ2) is 5.37. The highest BCUT2D eigenvalue weighted by Gasteiger charge is 2.23. The molecule has 1 aliphatic rings. The number of methoxy groups -OCH3 is 1. The van der Waals surface area contributed by atoms with Gasteiger partial charge in [-0.25, -0.2) is 0 Å². The van der Waals surface area contributed by atoms with E-state index in [4.69, 9.17) is 16.3 Å². The van der Waals surface area contributed by atoms with Crippen LogP contribution >= 0.6 is 11.6 Å². The highest BCUT2D eigenvalue weighted by molar-refractivity contribution is 6.33. The van der Waals surface area contributed by atoms with E-state index < -0.39 is 0 Å². The molecule has 3 heteroatoms. The molecule has 0 spiro atoms. The SMILES string of the molecule is COc1ccc2c(c1)C(Nc1cc(C)ccc1Cl)CC2. The molecule has 0 saturated heterocycles. The van der Waals surface area contributed by atoms with Gasteiger partial charge in [-0.3, -0.25) is 0 Å². The van der Waals surface area contributed by atoms with Crippen molar-refractivity contribution in [1.29, 1.82) is 0 Å². The molecule has 1 atom stereocenters. The fraction of sp³-hybridized carbons (Fsp3) is 0.294. The zero-order valence-electron chi connectivity index (χ0n) is 11.7. The van der Waals surface area contributed by atoms with E-state index in [1.54, 1.807) is 7.11 Å². The van der Waals surface area contributed by atoms with E-state index >= 15 is 0 Å². The predicted octanol–water partition coefficient (Wildman–Crippen LogP) is 4.76. The van der Waals surface area contributed by atoms with Crippen molar-refractivity contribution in [3.63, 3.8) is 0 Å². The molecule has 1 aliphatic carbocycles. The van der Waals surface area contributed by atoms with E-state index in [1.807, 2.05) is 18.2 Å². The third-order valence-corrected chi connectivity index (χ3v) is 4.21. The van der Waals surface area contributed by atoms with Gasteiger partial charge in [0, 0.05) is 0 Å². The van der Waals surface area contributed by atoms with E-state index in [2.05, 4.69) is 30.4 Å². The molecule has 20 heavy (non-hydrogen) atoms. The number of ether oxygens (including phenoxy) is 1. The summed E-state index contributed by atoms with van der Waals surface area (Å²) in [6, 6.07) is 12.7. The monoisotopic (exact) mass is 287 g/mol. The Kier molecular flexibility index (Phi) is 3.58. The van der Waals surface area contributed by atoms with Crippen LogP contribution < -0.4 is 10.1 Å². The molecule has 2 nitrogen and oxygen atoms in total. The first-order valence-corrected chi connectivity index (χ1v) is 7.24. The topological polar surface area (TPSA) is 21.3 Å². The van der Waals surface area contributed by atoms with E-state index in [0.717, 1.165) is 29.3 Å². The van der Waals surface area contributed by atoms with Crippen LogP contribution in [0.15, 0.2) is 36.4 Å². The molecule has 0 bridgehead atoms. The quantitative estimate of drug-likeness (QED) is 0.879. The van der Waals surface area contributed by atoms with Crippen molar-refractivity contribution in [3.8, 4) is 5.75 Å². The summed E-state index contributed by atoms with van der Waals surface area (Å²) < 4.78 is 5.33. The summed E-state index contributed by atoms with van der Waals surface area (Å²) in [6.07, 6.45) is 2.19. The number of fused-ring (bicyclic) bond motifs is 1. The van der Waals surface area contributed by atoms with Gasteiger partial charge in [-0.15, -0.1) is 0 Å². The normalized spacial score (nSPS) is 16.9. The molecular weight excluding hydrogens is 270 g/mol. The molecule has 3 rings (SSSR count). The second-order valence-electron chi connectivity index (χ2n) is 5.28. The summed E-state index contributed by atoms with van der Waals surface area (Å²) in [5.74, 6) is 0.910. The largest absolute Gasteiger partial charge is 0.497 e. The van der Waals surface area contributed by atoms with E-state index in [-0.39, 0.29) is 0 Å². The summed E-state index contributed by atoms with van der Waals surface area (Å²) >= 11 is 6.27. The number of hydrogen-bond donors (Lipinski definition) is 1. The Morgan fingerprint density at radius 3 is 2.85 bits per heavy atom. The molecule has 0 aliphatic heterocycles. The Hall–Kier alpha value is -1.67. The Labute approximate surface area is 124 Å². The third kappa shape index (κ3) is 2.48. The van der Waals surface area contributed by atoms with Crippen LogP contribution in [0.1, 0.15) is 29.2 Å². The van der Waals surface area contributed by atoms with Crippen molar-refractivity contribution in [3.05, 3.63) is 58.1 Å². The lowest BCUT2D eigenvalue weighted by atomic mass is 10.1. The van der Waals surface area contributed by atoms with Crippen LogP contribution in [0, 0.1) is 6.92 Å². The lowest BCUT2D eigenvalue weighted by Crippen LogP contribution is -2.07. The number of benzene rings is 2. The number of anilines is 1. The minimum Gasteiger partial charge on any atom is -0.497 e. The van der Waals surface area contributed by atoms with Crippen LogP contribution in [-0.4, -0.2) is 7.11 Å². The van der Waals surface area contributed by atoms with Gasteiger partial charge in [-0.1, -0.05) is 23.7 Å². The van der Waals surface area contributed by atoms with Crippen LogP contribution in [0.3, 0.4) is 0 Å². The van der Waals surface area contributed by atoms with Crippen molar-refractivity contribution in [2.24, 2.45) is 0 Å². The highest BCUT2D eigenvalue weighted by Crippen LogP contribution is 2.37. The minimum absolute atomic E-state index is 0.305. The maximum absolute atomic E-state index is 6.27. The molecule has 0 radical (unpaired) electrons. The molecule has 0 saturated carbocycles. The predicted molar refractivity (Wildman–Crippen MR) is 83.9 cm³/mol. The maximum Gasteiger partial charge on any atom is 0.119 e. The molecule has 2 aromatic rings. The first-order valence-electron chi connectivity index (χ1n) is 6.87. The fourth-order valence-corrected chi connectivity index (χ4v) is 2.97. The molecule has 0 fully saturated rings. The van der Waals surface area contributed by atoms with Gasteiger partial charge in [0.25, 0.3) is 0 Å². The molecule has 0 aromatic heterocycles. The number of halogens is 1. The van der Waals surface area contributed by atoms with E-state index in [1.165, 1.54) is 16.7 Å². The summed E-state index contributed by atoms with van der Waals surface area (Å²) in [5, 5.41) is 4.34. The summed E-state index contributed by atoms with van der Waals surface area (Å²) in [7, 11) is 1.70. The maximum atomic E-state index is 6.27. The zero-order chi connectivity index (χ0) is 14.1. The summed E-state index contributed by atoms with van der Waals surface area (Å²) in [6.45, 7) is 2.08. The minimum atomic E-state index is 0.305. The average molecular weight is 288 g/mol. The van der Waals surface area contributed by atoms with Gasteiger partial charge in [0.15, 0.2) is 0 Å². The van der Waals surface area contributed by atoms with Crippen LogP contribution in [0.5, 0.6) is 5.75 Å². The van der Waals surface area contributed by atoms with Crippen LogP contribution in [-0.2, 0) is 6.42 Å². The van der Waals surface area contributed by atoms with Crippen molar-refractivity contribution in [2.45, 2.75) is 25.8 Å². The van der Waals surface area contributed by atoms with Crippen molar-refractivity contribution >= 4 is 17.3 Å². The highest BCUT2D eigenvalue weighted by atomic mass is 35.5. The molecule has 104 valence electrons. The van der Waals surface area contributed by atoms with E-state index in [0.29, 0.717) is 6.04 Å². The lowest BCUT2D eigenvalue weighted by molar-refractivity contribution is 0.414. The second-order valence-corrected chi connectivity index (χ2v) is 5.69. The van der Waals surface area contributed by atoms with Crippen molar-refractivity contribution < 1.29 is 4.74 Å². The van der Waals surface area contributed by atoms with Crippen molar-refractivity contribution in [1.82, 2.24) is 0 Å². The number of nitrogens with one attached hydrogen (secondary N) is 1. The van der Waals surface area contributed by atoms with Crippen LogP contribution in [0.4, 0.5) is 5.69 Å². The standard InChI is InChI=1S/C17H18ClNO/c1-11-3-7-15(18)17(9-11)19-16-8-5-12-4-6-13(20-2)10-14(12)16/h3-4,6-7,9-10,16,19H,5,8H2,1-2H3. The molecule has 2 aromatic carbocycles. The van der Waals surface area contributed by atoms with Gasteiger partial charge < -0.3 is 10.1 Å². The van der Waals surface area contributed by atoms with Gasteiger partial charge in [0.05, 0.1) is 23.9 Å². The van der Waals surface area contributed by atoms with Crippen LogP contribution in [0.2, 0.25) is 5.02 Å². The number of rotatable bonds is 3. The average Bonchev–Trinajstić information content (AvgIpc) is 2.85. The molecule has 1 unspecified atom stereocenters. The number of aryl methyl sites for hydroxylation is 2. The first kappa shape index (κ1) is 13.3. The molecule has 1 N–H and O–H groups in total. The zero-order valence-corrected chi connectivity index (χ0v) is 12.5. The Bertz CT molecular complexity index is 639. The van der Waals surface area contributed by atoms with Crippen molar-refractivity contribution in [2.75, 3.05) is 12.4 Å². The van der Waals surface area contributed by atoms with Gasteiger partial charge in [-0.05, 0) is 60.7 Å². The lowest BCUT2D eigenvalue weighted by Gasteiger charge is -2.17. The molecular formula is C17H18ClNO. The Balaban J connectivity index is 1.89. The fourth-order valence-electron chi connectivity index (χ4n) is 2.79. The van der Waals surface area contributed by atoms with Gasteiger partial charge in [0.2, 0.25) is 0 Å². The number of hydrogen-bond acceptors (Lipinski definition) is 2. The van der Waals surface area contributed by atoms with Crippen LogP contribution in [0.25, 0.3) is 0 Å². The molecule has 0 heterocycles. The van der Waals surface area contributed by atoms with Gasteiger partial charge in [-0.2, -0.15) is 0 Å². The summed E-state index contributed by atoms with van der Waals surface area (Å²) in [5.41, 5.74) is 4.93. The van der Waals surface area contributed by atoms with Gasteiger partial charge >= 0.3 is 0 Å². The smallest absolute Gasteiger partial charge is 0.119 e. The van der Waals surface area contributed by atoms with Gasteiger partial charge in [0.1, 0.15) is 5.75 Å².